The highest BCUT2D eigenvalue weighted by Crippen LogP contribution is 2.38. The third-order valence-corrected chi connectivity index (χ3v) is 4.85. The Balaban J connectivity index is 2.01. The highest BCUT2D eigenvalue weighted by Gasteiger charge is 2.20. The predicted molar refractivity (Wildman–Crippen MR) is 90.3 cm³/mol. The van der Waals surface area contributed by atoms with Gasteiger partial charge < -0.3 is 5.11 Å². The lowest BCUT2D eigenvalue weighted by atomic mass is 9.96. The minimum atomic E-state index is -3.36. The Hall–Kier alpha value is -2.31. The zero-order valence-electron chi connectivity index (χ0n) is 13.0. The Morgan fingerprint density at radius 2 is 1.62 bits per heavy atom. The second-order valence-corrected chi connectivity index (χ2v) is 7.63. The van der Waals surface area contributed by atoms with Crippen molar-refractivity contribution >= 4 is 21.0 Å². The quantitative estimate of drug-likeness (QED) is 0.925. The average Bonchev–Trinajstić information content (AvgIpc) is 2.99. The van der Waals surface area contributed by atoms with E-state index in [2.05, 4.69) is 4.98 Å². The summed E-state index contributed by atoms with van der Waals surface area (Å²) in [5.41, 5.74) is 3.27. The van der Waals surface area contributed by atoms with Crippen molar-refractivity contribution < 1.29 is 17.9 Å². The summed E-state index contributed by atoms with van der Waals surface area (Å²) in [6.45, 7) is -0.0386. The molecule has 1 N–H and O–H groups in total. The maximum absolute atomic E-state index is 13.2. The molecular formula is C18H16FNO3S. The standard InChI is InChI=1S/C18H16FNO3S/c1-24(22,23)18-7-4-14(10-20-18)17-9-12(11-21)8-16(17)13-2-5-15(19)6-3-13/h2-10,12,21H,11H2,1H3. The third kappa shape index (κ3) is 3.29. The molecule has 4 nitrogen and oxygen atoms in total. The maximum Gasteiger partial charge on any atom is 0.192 e. The van der Waals surface area contributed by atoms with E-state index >= 15 is 0 Å². The average molecular weight is 345 g/mol. The number of sulfone groups is 1. The number of hydrogen-bond donors (Lipinski definition) is 1. The first-order valence-electron chi connectivity index (χ1n) is 7.36. The lowest BCUT2D eigenvalue weighted by Gasteiger charge is -2.10. The van der Waals surface area contributed by atoms with E-state index in [0.717, 1.165) is 28.5 Å². The Bertz CT molecular complexity index is 914. The molecule has 3 rings (SSSR count). The molecule has 1 aliphatic carbocycles. The van der Waals surface area contributed by atoms with Crippen molar-refractivity contribution in [2.75, 3.05) is 12.9 Å². The fourth-order valence-corrected chi connectivity index (χ4v) is 3.21. The predicted octanol–water partition coefficient (Wildman–Crippen LogP) is 2.71. The van der Waals surface area contributed by atoms with Crippen molar-refractivity contribution in [1.29, 1.82) is 0 Å². The zero-order chi connectivity index (χ0) is 17.3. The summed E-state index contributed by atoms with van der Waals surface area (Å²) in [6, 6.07) is 9.25. The van der Waals surface area contributed by atoms with Gasteiger partial charge in [-0.3, -0.25) is 0 Å². The molecule has 1 aliphatic rings. The van der Waals surface area contributed by atoms with E-state index in [0.29, 0.717) is 0 Å². The molecule has 0 saturated heterocycles. The fourth-order valence-electron chi connectivity index (χ4n) is 2.65. The molecule has 2 aromatic rings. The van der Waals surface area contributed by atoms with Gasteiger partial charge in [-0.25, -0.2) is 17.8 Å². The normalized spacial score (nSPS) is 17.5. The molecule has 0 amide bonds. The molecule has 0 bridgehead atoms. The first-order chi connectivity index (χ1) is 11.4. The molecule has 0 fully saturated rings. The van der Waals surface area contributed by atoms with Gasteiger partial charge in [0, 0.05) is 23.9 Å². The SMILES string of the molecule is CS(=O)(=O)c1ccc(C2=CC(CO)C=C2c2ccc(F)cc2)cn1. The highest BCUT2D eigenvalue weighted by atomic mass is 32.2. The van der Waals surface area contributed by atoms with E-state index in [1.807, 2.05) is 12.2 Å². The Morgan fingerprint density at radius 3 is 2.12 bits per heavy atom. The van der Waals surface area contributed by atoms with Gasteiger partial charge in [0.25, 0.3) is 0 Å². The lowest BCUT2D eigenvalue weighted by Crippen LogP contribution is -2.00. The Labute approximate surface area is 139 Å². The summed E-state index contributed by atoms with van der Waals surface area (Å²) < 4.78 is 36.2. The van der Waals surface area contributed by atoms with Crippen LogP contribution < -0.4 is 0 Å². The van der Waals surface area contributed by atoms with Gasteiger partial charge in [-0.2, -0.15) is 0 Å². The molecule has 1 aromatic carbocycles. The number of allylic oxidation sites excluding steroid dienone is 2. The molecule has 1 heterocycles. The van der Waals surface area contributed by atoms with E-state index in [1.165, 1.54) is 24.4 Å². The van der Waals surface area contributed by atoms with Crippen molar-refractivity contribution in [3.8, 4) is 0 Å². The number of rotatable bonds is 4. The number of aliphatic hydroxyl groups is 1. The number of halogens is 1. The van der Waals surface area contributed by atoms with Crippen molar-refractivity contribution in [1.82, 2.24) is 4.98 Å². The van der Waals surface area contributed by atoms with Crippen LogP contribution in [0.5, 0.6) is 0 Å². The number of benzene rings is 1. The molecule has 0 spiro atoms. The zero-order valence-corrected chi connectivity index (χ0v) is 13.8. The first kappa shape index (κ1) is 16.5. The van der Waals surface area contributed by atoms with Crippen molar-refractivity contribution in [3.63, 3.8) is 0 Å². The van der Waals surface area contributed by atoms with Crippen LogP contribution in [0.3, 0.4) is 0 Å². The van der Waals surface area contributed by atoms with E-state index in [4.69, 9.17) is 0 Å². The largest absolute Gasteiger partial charge is 0.395 e. The topological polar surface area (TPSA) is 67.3 Å². The van der Waals surface area contributed by atoms with E-state index in [-0.39, 0.29) is 23.4 Å². The number of pyridine rings is 1. The minimum absolute atomic E-state index is 0.0101. The van der Waals surface area contributed by atoms with Gasteiger partial charge in [-0.15, -0.1) is 0 Å². The Morgan fingerprint density at radius 1 is 1.04 bits per heavy atom. The van der Waals surface area contributed by atoms with Crippen LogP contribution in [0.2, 0.25) is 0 Å². The van der Waals surface area contributed by atoms with Gasteiger partial charge in [0.2, 0.25) is 0 Å². The molecule has 1 aromatic heterocycles. The van der Waals surface area contributed by atoms with Crippen LogP contribution in [0.25, 0.3) is 11.1 Å². The summed E-state index contributed by atoms with van der Waals surface area (Å²) in [6.07, 6.45) is 6.41. The van der Waals surface area contributed by atoms with Crippen LogP contribution in [0, 0.1) is 11.7 Å². The maximum atomic E-state index is 13.2. The lowest BCUT2D eigenvalue weighted by molar-refractivity contribution is 0.275. The molecule has 24 heavy (non-hydrogen) atoms. The summed E-state index contributed by atoms with van der Waals surface area (Å²) in [5.74, 6) is -0.463. The summed E-state index contributed by atoms with van der Waals surface area (Å²) in [7, 11) is -3.36. The van der Waals surface area contributed by atoms with E-state index in [1.54, 1.807) is 18.2 Å². The number of aromatic nitrogens is 1. The third-order valence-electron chi connectivity index (χ3n) is 3.84. The molecular weight excluding hydrogens is 329 g/mol. The van der Waals surface area contributed by atoms with Crippen LogP contribution in [0.1, 0.15) is 11.1 Å². The van der Waals surface area contributed by atoms with Crippen molar-refractivity contribution in [3.05, 3.63) is 71.7 Å². The molecule has 124 valence electrons. The highest BCUT2D eigenvalue weighted by molar-refractivity contribution is 7.90. The summed E-state index contributed by atoms with van der Waals surface area (Å²) in [4.78, 5) is 4.01. The Kier molecular flexibility index (Phi) is 4.34. The second-order valence-electron chi connectivity index (χ2n) is 5.67. The smallest absolute Gasteiger partial charge is 0.192 e. The molecule has 6 heteroatoms. The van der Waals surface area contributed by atoms with Crippen LogP contribution in [-0.2, 0) is 9.84 Å². The number of aliphatic hydroxyl groups excluding tert-OH is 1. The van der Waals surface area contributed by atoms with E-state index < -0.39 is 9.84 Å². The molecule has 1 atom stereocenters. The summed E-state index contributed by atoms with van der Waals surface area (Å²) >= 11 is 0. The fraction of sp³-hybridized carbons (Fsp3) is 0.167. The monoisotopic (exact) mass is 345 g/mol. The van der Waals surface area contributed by atoms with Gasteiger partial charge in [0.05, 0.1) is 6.61 Å². The van der Waals surface area contributed by atoms with E-state index in [9.17, 15) is 17.9 Å². The van der Waals surface area contributed by atoms with Gasteiger partial charge in [0.1, 0.15) is 5.82 Å². The van der Waals surface area contributed by atoms with Crippen LogP contribution in [0.4, 0.5) is 4.39 Å². The molecule has 0 radical (unpaired) electrons. The van der Waals surface area contributed by atoms with Gasteiger partial charge in [-0.1, -0.05) is 24.3 Å². The van der Waals surface area contributed by atoms with Gasteiger partial charge in [-0.05, 0) is 41.0 Å². The minimum Gasteiger partial charge on any atom is -0.395 e. The van der Waals surface area contributed by atoms with Gasteiger partial charge >= 0.3 is 0 Å². The molecule has 1 unspecified atom stereocenters. The van der Waals surface area contributed by atoms with Gasteiger partial charge in [0.15, 0.2) is 14.9 Å². The summed E-state index contributed by atoms with van der Waals surface area (Å²) in [5, 5.41) is 9.46. The number of hydrogen-bond acceptors (Lipinski definition) is 4. The number of nitrogens with zero attached hydrogens (tertiary/aromatic N) is 1. The van der Waals surface area contributed by atoms with Crippen molar-refractivity contribution in [2.24, 2.45) is 5.92 Å². The second kappa shape index (κ2) is 6.30. The molecule has 0 aliphatic heterocycles. The van der Waals surface area contributed by atoms with Crippen LogP contribution in [0.15, 0.2) is 59.8 Å². The first-order valence-corrected chi connectivity index (χ1v) is 9.25. The van der Waals surface area contributed by atoms with Crippen LogP contribution >= 0.6 is 0 Å². The van der Waals surface area contributed by atoms with Crippen molar-refractivity contribution in [2.45, 2.75) is 5.03 Å². The molecule has 0 saturated carbocycles. The van der Waals surface area contributed by atoms with Crippen LogP contribution in [-0.4, -0.2) is 31.4 Å².